The highest BCUT2D eigenvalue weighted by molar-refractivity contribution is 7.91. The zero-order valence-electron chi connectivity index (χ0n) is 14.6. The van der Waals surface area contributed by atoms with Crippen LogP contribution < -0.4 is 5.32 Å². The summed E-state index contributed by atoms with van der Waals surface area (Å²) < 4.78 is 26.6. The van der Waals surface area contributed by atoms with Crippen LogP contribution in [0.2, 0.25) is 0 Å². The molecule has 1 amide bonds. The highest BCUT2D eigenvalue weighted by atomic mass is 32.2. The summed E-state index contributed by atoms with van der Waals surface area (Å²) in [4.78, 5) is 12.9. The van der Waals surface area contributed by atoms with Crippen LogP contribution in [0.3, 0.4) is 0 Å². The second-order valence-corrected chi connectivity index (χ2v) is 10.5. The summed E-state index contributed by atoms with van der Waals surface area (Å²) in [6.45, 7) is 0. The molecule has 1 N–H and O–H groups in total. The van der Waals surface area contributed by atoms with E-state index in [-0.39, 0.29) is 23.5 Å². The molecule has 0 bridgehead atoms. The van der Waals surface area contributed by atoms with Crippen molar-refractivity contribution in [1.29, 1.82) is 0 Å². The second-order valence-electron chi connectivity index (χ2n) is 7.33. The number of carbonyl (C=O) groups is 1. The quantitative estimate of drug-likeness (QED) is 0.724. The van der Waals surface area contributed by atoms with E-state index in [2.05, 4.69) is 10.4 Å². The molecule has 1 atom stereocenters. The van der Waals surface area contributed by atoms with Gasteiger partial charge in [0.15, 0.2) is 9.84 Å². The second kappa shape index (κ2) is 6.17. The van der Waals surface area contributed by atoms with E-state index in [4.69, 9.17) is 0 Å². The van der Waals surface area contributed by atoms with E-state index in [0.29, 0.717) is 23.7 Å². The largest absolute Gasteiger partial charge is 0.307 e. The van der Waals surface area contributed by atoms with Gasteiger partial charge in [-0.1, -0.05) is 18.2 Å². The van der Waals surface area contributed by atoms with Crippen molar-refractivity contribution in [3.05, 3.63) is 47.0 Å². The van der Waals surface area contributed by atoms with E-state index >= 15 is 0 Å². The molecule has 1 aliphatic carbocycles. The molecule has 1 saturated heterocycles. The van der Waals surface area contributed by atoms with Crippen molar-refractivity contribution in [3.63, 3.8) is 0 Å². The predicted octanol–water partition coefficient (Wildman–Crippen LogP) is 3.59. The third kappa shape index (κ3) is 3.17. The molecule has 3 heterocycles. The molecule has 0 radical (unpaired) electrons. The minimum Gasteiger partial charge on any atom is -0.307 e. The number of aromatic nitrogens is 2. The first-order valence-corrected chi connectivity index (χ1v) is 11.8. The minimum absolute atomic E-state index is 0.0863. The first-order chi connectivity index (χ1) is 13.0. The van der Waals surface area contributed by atoms with Gasteiger partial charge in [0, 0.05) is 27.5 Å². The monoisotopic (exact) mass is 401 g/mol. The molecule has 2 aliphatic rings. The Morgan fingerprint density at radius 2 is 2.04 bits per heavy atom. The van der Waals surface area contributed by atoms with E-state index in [1.54, 1.807) is 4.68 Å². The lowest BCUT2D eigenvalue weighted by molar-refractivity contribution is 0.102. The Bertz CT molecular complexity index is 1140. The zero-order valence-corrected chi connectivity index (χ0v) is 16.2. The van der Waals surface area contributed by atoms with Gasteiger partial charge in [0.1, 0.15) is 5.82 Å². The van der Waals surface area contributed by atoms with Crippen LogP contribution in [0.25, 0.3) is 10.1 Å². The average molecular weight is 402 g/mol. The van der Waals surface area contributed by atoms with Crippen molar-refractivity contribution in [3.8, 4) is 0 Å². The maximum absolute atomic E-state index is 12.9. The standard InChI is InChI=1S/C19H19N3O3S2/c23-19(15-10-26-17-4-2-1-3-14(15)17)20-18-9-16(12-5-6-12)21-22(18)13-7-8-27(24,25)11-13/h1-4,9-10,12-13H,5-8,11H2,(H,20,23). The van der Waals surface area contributed by atoms with Gasteiger partial charge in [-0.05, 0) is 25.3 Å². The lowest BCUT2D eigenvalue weighted by Crippen LogP contribution is -2.19. The lowest BCUT2D eigenvalue weighted by atomic mass is 10.1. The number of rotatable bonds is 4. The van der Waals surface area contributed by atoms with E-state index in [0.717, 1.165) is 28.6 Å². The van der Waals surface area contributed by atoms with Gasteiger partial charge in [0.25, 0.3) is 5.91 Å². The lowest BCUT2D eigenvalue weighted by Gasteiger charge is -2.13. The Kier molecular flexibility index (Phi) is 3.87. The highest BCUT2D eigenvalue weighted by Gasteiger charge is 2.34. The van der Waals surface area contributed by atoms with Gasteiger partial charge in [-0.3, -0.25) is 4.79 Å². The van der Waals surface area contributed by atoms with Crippen molar-refractivity contribution in [2.75, 3.05) is 16.8 Å². The highest BCUT2D eigenvalue weighted by Crippen LogP contribution is 2.41. The van der Waals surface area contributed by atoms with E-state index in [9.17, 15) is 13.2 Å². The first-order valence-electron chi connectivity index (χ1n) is 9.08. The summed E-state index contributed by atoms with van der Waals surface area (Å²) in [7, 11) is -3.03. The van der Waals surface area contributed by atoms with Crippen LogP contribution in [0.5, 0.6) is 0 Å². The van der Waals surface area contributed by atoms with E-state index in [1.807, 2.05) is 35.7 Å². The normalized spacial score (nSPS) is 21.6. The number of fused-ring (bicyclic) bond motifs is 1. The average Bonchev–Trinajstić information content (AvgIpc) is 3.10. The molecule has 1 saturated carbocycles. The number of nitrogens with zero attached hydrogens (tertiary/aromatic N) is 2. The Morgan fingerprint density at radius 1 is 1.22 bits per heavy atom. The smallest absolute Gasteiger partial charge is 0.258 e. The van der Waals surface area contributed by atoms with Crippen LogP contribution in [0.1, 0.15) is 47.3 Å². The van der Waals surface area contributed by atoms with Gasteiger partial charge in [-0.2, -0.15) is 5.10 Å². The van der Waals surface area contributed by atoms with Crippen LogP contribution in [-0.2, 0) is 9.84 Å². The summed E-state index contributed by atoms with van der Waals surface area (Å²) in [5.41, 5.74) is 1.58. The van der Waals surface area contributed by atoms with Gasteiger partial charge >= 0.3 is 0 Å². The van der Waals surface area contributed by atoms with E-state index < -0.39 is 9.84 Å². The van der Waals surface area contributed by atoms with Crippen molar-refractivity contribution in [2.45, 2.75) is 31.2 Å². The molecule has 2 aromatic heterocycles. The third-order valence-electron chi connectivity index (χ3n) is 5.27. The van der Waals surface area contributed by atoms with Gasteiger partial charge in [0.2, 0.25) is 0 Å². The number of benzene rings is 1. The molecule has 0 spiro atoms. The van der Waals surface area contributed by atoms with Gasteiger partial charge in [0.05, 0.1) is 28.8 Å². The molecule has 6 nitrogen and oxygen atoms in total. The fourth-order valence-electron chi connectivity index (χ4n) is 3.67. The molecular formula is C19H19N3O3S2. The molecule has 140 valence electrons. The molecule has 3 aromatic rings. The van der Waals surface area contributed by atoms with Gasteiger partial charge in [-0.15, -0.1) is 11.3 Å². The Hall–Kier alpha value is -2.19. The van der Waals surface area contributed by atoms with Gasteiger partial charge < -0.3 is 5.32 Å². The summed E-state index contributed by atoms with van der Waals surface area (Å²) in [5.74, 6) is 1.11. The molecule has 1 aromatic carbocycles. The van der Waals surface area contributed by atoms with Crippen LogP contribution in [0, 0.1) is 0 Å². The fourth-order valence-corrected chi connectivity index (χ4v) is 6.30. The van der Waals surface area contributed by atoms with Crippen molar-refractivity contribution >= 4 is 43.0 Å². The number of carbonyl (C=O) groups excluding carboxylic acids is 1. The van der Waals surface area contributed by atoms with Crippen molar-refractivity contribution in [1.82, 2.24) is 9.78 Å². The van der Waals surface area contributed by atoms with Crippen LogP contribution in [0.15, 0.2) is 35.7 Å². The summed E-state index contributed by atoms with van der Waals surface area (Å²) in [6, 6.07) is 9.52. The summed E-state index contributed by atoms with van der Waals surface area (Å²) in [6.07, 6.45) is 2.74. The fraction of sp³-hybridized carbons (Fsp3) is 0.368. The Labute approximate surface area is 161 Å². The number of thiophene rings is 1. The maximum Gasteiger partial charge on any atom is 0.258 e. The van der Waals surface area contributed by atoms with Crippen LogP contribution in [-0.4, -0.2) is 35.6 Å². The number of amides is 1. The van der Waals surface area contributed by atoms with Gasteiger partial charge in [-0.25, -0.2) is 13.1 Å². The summed E-state index contributed by atoms with van der Waals surface area (Å²) in [5, 5.41) is 10.4. The zero-order chi connectivity index (χ0) is 18.6. The number of hydrogen-bond acceptors (Lipinski definition) is 5. The molecule has 5 rings (SSSR count). The molecule has 1 aliphatic heterocycles. The van der Waals surface area contributed by atoms with Crippen LogP contribution in [0.4, 0.5) is 5.82 Å². The van der Waals surface area contributed by atoms with Crippen LogP contribution >= 0.6 is 11.3 Å². The minimum atomic E-state index is -3.03. The van der Waals surface area contributed by atoms with Crippen molar-refractivity contribution < 1.29 is 13.2 Å². The number of hydrogen-bond donors (Lipinski definition) is 1. The van der Waals surface area contributed by atoms with Crippen molar-refractivity contribution in [2.24, 2.45) is 0 Å². The number of nitrogens with one attached hydrogen (secondary N) is 1. The maximum atomic E-state index is 12.9. The third-order valence-corrected chi connectivity index (χ3v) is 7.99. The SMILES string of the molecule is O=C(Nc1cc(C2CC2)nn1C1CCS(=O)(=O)C1)c1csc2ccccc12. The molecule has 1 unspecified atom stereocenters. The summed E-state index contributed by atoms with van der Waals surface area (Å²) >= 11 is 1.54. The first kappa shape index (κ1) is 16.9. The number of anilines is 1. The number of sulfone groups is 1. The predicted molar refractivity (Wildman–Crippen MR) is 106 cm³/mol. The molecular weight excluding hydrogens is 382 g/mol. The topological polar surface area (TPSA) is 81.1 Å². The van der Waals surface area contributed by atoms with E-state index in [1.165, 1.54) is 11.3 Å². The Morgan fingerprint density at radius 3 is 2.78 bits per heavy atom. The molecule has 27 heavy (non-hydrogen) atoms. The Balaban J connectivity index is 1.48. The molecule has 8 heteroatoms. The molecule has 2 fully saturated rings.